The fraction of sp³-hybridized carbons (Fsp3) is 0.357. The largest absolute Gasteiger partial charge is 0.477 e. The van der Waals surface area contributed by atoms with Gasteiger partial charge >= 0.3 is 5.97 Å². The molecule has 3 aromatic heterocycles. The number of carboxylic acids is 1. The molecule has 1 amide bonds. The van der Waals surface area contributed by atoms with Crippen molar-refractivity contribution in [2.24, 2.45) is 11.8 Å². The van der Waals surface area contributed by atoms with E-state index in [0.29, 0.717) is 11.6 Å². The maximum Gasteiger partial charge on any atom is 0.348 e. The number of rotatable bonds is 6. The Labute approximate surface area is 220 Å². The van der Waals surface area contributed by atoms with E-state index >= 15 is 0 Å². The molecule has 0 radical (unpaired) electrons. The molecule has 194 valence electrons. The van der Waals surface area contributed by atoms with Crippen molar-refractivity contribution in [3.05, 3.63) is 59.7 Å². The zero-order chi connectivity index (χ0) is 25.4. The molecule has 8 nitrogen and oxygen atoms in total. The highest BCUT2D eigenvalue weighted by Crippen LogP contribution is 2.40. The Bertz CT molecular complexity index is 1370. The van der Waals surface area contributed by atoms with Gasteiger partial charge in [0, 0.05) is 40.9 Å². The Hall–Kier alpha value is -3.56. The van der Waals surface area contributed by atoms with Crippen LogP contribution in [0.5, 0.6) is 0 Å². The summed E-state index contributed by atoms with van der Waals surface area (Å²) in [6.07, 6.45) is 7.40. The number of anilines is 1. The van der Waals surface area contributed by atoms with Crippen LogP contribution in [0.2, 0.25) is 0 Å². The minimum absolute atomic E-state index is 0. The highest BCUT2D eigenvalue weighted by molar-refractivity contribution is 7.18. The van der Waals surface area contributed by atoms with Crippen LogP contribution in [0.15, 0.2) is 54.9 Å². The summed E-state index contributed by atoms with van der Waals surface area (Å²) in [5.41, 5.74) is 3.94. The van der Waals surface area contributed by atoms with Gasteiger partial charge in [0.15, 0.2) is 5.65 Å². The first-order chi connectivity index (χ1) is 17.3. The molecule has 1 aromatic carbocycles. The third-order valence-corrected chi connectivity index (χ3v) is 8.15. The molecule has 0 bridgehead atoms. The Balaban J connectivity index is 0.00000320. The summed E-state index contributed by atoms with van der Waals surface area (Å²) in [5.74, 6) is -0.373. The second kappa shape index (κ2) is 10.8. The van der Waals surface area contributed by atoms with Crippen molar-refractivity contribution in [2.75, 3.05) is 4.90 Å². The zero-order valence-electron chi connectivity index (χ0n) is 21.4. The number of aromatic nitrogens is 3. The number of fused-ring (bicyclic) bond motifs is 1. The van der Waals surface area contributed by atoms with Gasteiger partial charge in [-0.2, -0.15) is 5.10 Å². The molecule has 4 aromatic rings. The van der Waals surface area contributed by atoms with Gasteiger partial charge in [-0.15, -0.1) is 11.3 Å². The molecule has 5 rings (SSSR count). The van der Waals surface area contributed by atoms with E-state index in [2.05, 4.69) is 17.0 Å². The highest BCUT2D eigenvalue weighted by atomic mass is 32.1. The molecule has 0 spiro atoms. The van der Waals surface area contributed by atoms with Crippen LogP contribution < -0.4 is 11.1 Å². The zero-order valence-corrected chi connectivity index (χ0v) is 22.2. The van der Waals surface area contributed by atoms with Gasteiger partial charge in [-0.3, -0.25) is 4.79 Å². The number of aromatic carboxylic acids is 1. The molecule has 9 heteroatoms. The highest BCUT2D eigenvalue weighted by Gasteiger charge is 2.33. The molecule has 1 aliphatic carbocycles. The van der Waals surface area contributed by atoms with Gasteiger partial charge in [0.2, 0.25) is 5.91 Å². The van der Waals surface area contributed by atoms with E-state index in [-0.39, 0.29) is 28.9 Å². The molecule has 0 unspecified atom stereocenters. The SMILES string of the molecule is CC(C)N(c1cc(-c2ccc(-c3cc4ncccn4n3)cc2)sc1C(=O)O)C(=O)[C@H]1CC[C@H](C)CC1.N. The molecule has 0 atom stereocenters. The van der Waals surface area contributed by atoms with Crippen LogP contribution in [0, 0.1) is 11.8 Å². The van der Waals surface area contributed by atoms with Crippen molar-refractivity contribution < 1.29 is 14.7 Å². The van der Waals surface area contributed by atoms with Gasteiger partial charge in [-0.1, -0.05) is 31.2 Å². The minimum Gasteiger partial charge on any atom is -0.477 e. The lowest BCUT2D eigenvalue weighted by molar-refractivity contribution is -0.123. The summed E-state index contributed by atoms with van der Waals surface area (Å²) in [4.78, 5) is 32.8. The molecule has 1 aliphatic rings. The van der Waals surface area contributed by atoms with E-state index in [0.717, 1.165) is 53.0 Å². The van der Waals surface area contributed by atoms with Crippen molar-refractivity contribution >= 4 is 34.5 Å². The van der Waals surface area contributed by atoms with E-state index < -0.39 is 5.97 Å². The Morgan fingerprint density at radius 1 is 1.08 bits per heavy atom. The van der Waals surface area contributed by atoms with Gasteiger partial charge in [0.25, 0.3) is 0 Å². The topological polar surface area (TPSA) is 123 Å². The van der Waals surface area contributed by atoms with E-state index in [1.807, 2.05) is 62.5 Å². The maximum absolute atomic E-state index is 13.6. The van der Waals surface area contributed by atoms with E-state index in [9.17, 15) is 14.7 Å². The number of carboxylic acid groups (broad SMARTS) is 1. The quantitative estimate of drug-likeness (QED) is 0.298. The first kappa shape index (κ1) is 26.5. The van der Waals surface area contributed by atoms with Crippen molar-refractivity contribution in [1.29, 1.82) is 0 Å². The van der Waals surface area contributed by atoms with Gasteiger partial charge in [-0.05, 0) is 63.1 Å². The second-order valence-electron chi connectivity index (χ2n) is 9.92. The van der Waals surface area contributed by atoms with Crippen LogP contribution in [0.4, 0.5) is 5.69 Å². The molecule has 1 saturated carbocycles. The van der Waals surface area contributed by atoms with Crippen molar-refractivity contribution in [3.8, 4) is 21.7 Å². The van der Waals surface area contributed by atoms with E-state index in [1.165, 1.54) is 11.3 Å². The Morgan fingerprint density at radius 2 is 1.76 bits per heavy atom. The minimum atomic E-state index is -1.01. The normalized spacial score (nSPS) is 17.5. The first-order valence-electron chi connectivity index (χ1n) is 12.4. The number of hydrogen-bond acceptors (Lipinski definition) is 6. The fourth-order valence-corrected chi connectivity index (χ4v) is 5.98. The lowest BCUT2D eigenvalue weighted by Gasteiger charge is -2.33. The predicted octanol–water partition coefficient (Wildman–Crippen LogP) is 6.55. The van der Waals surface area contributed by atoms with Crippen LogP contribution >= 0.6 is 11.3 Å². The summed E-state index contributed by atoms with van der Waals surface area (Å²) in [7, 11) is 0. The number of amides is 1. The molecular weight excluding hydrogens is 486 g/mol. The lowest BCUT2D eigenvalue weighted by Crippen LogP contribution is -2.42. The molecule has 1 fully saturated rings. The Morgan fingerprint density at radius 3 is 2.38 bits per heavy atom. The van der Waals surface area contributed by atoms with Crippen LogP contribution in [0.1, 0.15) is 56.1 Å². The third kappa shape index (κ3) is 5.28. The van der Waals surface area contributed by atoms with Crippen LogP contribution in [-0.2, 0) is 4.79 Å². The van der Waals surface area contributed by atoms with E-state index in [4.69, 9.17) is 0 Å². The van der Waals surface area contributed by atoms with Crippen LogP contribution in [0.25, 0.3) is 27.3 Å². The van der Waals surface area contributed by atoms with Crippen LogP contribution in [-0.4, -0.2) is 37.6 Å². The summed E-state index contributed by atoms with van der Waals surface area (Å²) in [6.45, 7) is 6.13. The second-order valence-corrected chi connectivity index (χ2v) is 11.0. The molecule has 0 saturated heterocycles. The van der Waals surface area contributed by atoms with Gasteiger partial charge in [0.05, 0.1) is 11.4 Å². The van der Waals surface area contributed by atoms with Crippen LogP contribution in [0.3, 0.4) is 0 Å². The smallest absolute Gasteiger partial charge is 0.348 e. The predicted molar refractivity (Wildman–Crippen MR) is 147 cm³/mol. The fourth-order valence-electron chi connectivity index (χ4n) is 4.99. The summed E-state index contributed by atoms with van der Waals surface area (Å²) < 4.78 is 1.73. The van der Waals surface area contributed by atoms with Crippen molar-refractivity contribution in [2.45, 2.75) is 52.5 Å². The lowest BCUT2D eigenvalue weighted by atomic mass is 9.82. The first-order valence-corrected chi connectivity index (χ1v) is 13.2. The molecule has 3 heterocycles. The summed E-state index contributed by atoms with van der Waals surface area (Å²) in [5, 5.41) is 14.6. The molecule has 37 heavy (non-hydrogen) atoms. The standard InChI is InChI=1S/C28H30N4O3S.H3N/c1-17(2)32(27(33)21-7-5-18(3)6-8-21)23-16-24(36-26(23)28(34)35)20-11-9-19(10-12-20)22-15-25-29-13-4-14-31(25)30-22;/h4,9-18,21H,5-8H2,1-3H3,(H,34,35);1H3/t18-,21-;. The van der Waals surface area contributed by atoms with Gasteiger partial charge in [-0.25, -0.2) is 14.3 Å². The summed E-state index contributed by atoms with van der Waals surface area (Å²) in [6, 6.07) is 13.4. The number of thiophene rings is 1. The maximum atomic E-state index is 13.6. The van der Waals surface area contributed by atoms with Crippen molar-refractivity contribution in [3.63, 3.8) is 0 Å². The average molecular weight is 520 g/mol. The number of hydrogen-bond donors (Lipinski definition) is 2. The molecule has 0 aliphatic heterocycles. The number of carbonyl (C=O) groups is 2. The van der Waals surface area contributed by atoms with Gasteiger partial charge < -0.3 is 16.2 Å². The summed E-state index contributed by atoms with van der Waals surface area (Å²) >= 11 is 1.21. The number of benzene rings is 1. The van der Waals surface area contributed by atoms with Gasteiger partial charge in [0.1, 0.15) is 4.88 Å². The van der Waals surface area contributed by atoms with Crippen molar-refractivity contribution in [1.82, 2.24) is 20.7 Å². The van der Waals surface area contributed by atoms with E-state index in [1.54, 1.807) is 15.6 Å². The number of carbonyl (C=O) groups excluding carboxylic acids is 1. The average Bonchev–Trinajstić information content (AvgIpc) is 3.49. The molecule has 4 N–H and O–H groups in total. The molecular formula is C28H33N5O3S. The Kier molecular flexibility index (Phi) is 7.75. The third-order valence-electron chi connectivity index (χ3n) is 6.99. The monoisotopic (exact) mass is 519 g/mol. The number of nitrogens with zero attached hydrogens (tertiary/aromatic N) is 4.